The van der Waals surface area contributed by atoms with Crippen molar-refractivity contribution in [3.05, 3.63) is 65.5 Å². The Balaban J connectivity index is 1.78. The van der Waals surface area contributed by atoms with E-state index in [0.717, 1.165) is 18.4 Å². The molecule has 0 aliphatic heterocycles. The van der Waals surface area contributed by atoms with E-state index in [9.17, 15) is 17.6 Å². The fraction of sp³-hybridized carbons (Fsp3) is 0.350. The number of anilines is 1. The summed E-state index contributed by atoms with van der Waals surface area (Å²) < 4.78 is 39.6. The Bertz CT molecular complexity index is 909. The van der Waals surface area contributed by atoms with Gasteiger partial charge in [-0.2, -0.15) is 0 Å². The van der Waals surface area contributed by atoms with Crippen molar-refractivity contribution >= 4 is 21.6 Å². The first-order chi connectivity index (χ1) is 12.9. The lowest BCUT2D eigenvalue weighted by atomic mass is 10.1. The van der Waals surface area contributed by atoms with Gasteiger partial charge in [-0.3, -0.25) is 9.52 Å². The van der Waals surface area contributed by atoms with Crippen LogP contribution in [0.4, 0.5) is 10.1 Å². The second-order valence-electron chi connectivity index (χ2n) is 6.79. The first-order valence-corrected chi connectivity index (χ1v) is 10.7. The van der Waals surface area contributed by atoms with Crippen LogP contribution in [-0.2, 0) is 16.6 Å². The van der Waals surface area contributed by atoms with Gasteiger partial charge in [0.2, 0.25) is 10.0 Å². The number of nitrogens with one attached hydrogen (secondary N) is 1. The highest BCUT2D eigenvalue weighted by atomic mass is 32.2. The Morgan fingerprint density at radius 3 is 2.52 bits per heavy atom. The van der Waals surface area contributed by atoms with Gasteiger partial charge < -0.3 is 4.90 Å². The van der Waals surface area contributed by atoms with Gasteiger partial charge in [0, 0.05) is 23.8 Å². The Morgan fingerprint density at radius 2 is 1.89 bits per heavy atom. The molecule has 7 heteroatoms. The number of hydrogen-bond donors (Lipinski definition) is 1. The zero-order valence-corrected chi connectivity index (χ0v) is 16.0. The van der Waals surface area contributed by atoms with Gasteiger partial charge in [0.1, 0.15) is 5.82 Å². The van der Waals surface area contributed by atoms with E-state index >= 15 is 0 Å². The molecule has 1 N–H and O–H groups in total. The average molecular weight is 390 g/mol. The second kappa shape index (κ2) is 8.08. The molecule has 0 saturated heterocycles. The van der Waals surface area contributed by atoms with E-state index in [4.69, 9.17) is 0 Å². The number of nitrogens with zero attached hydrogens (tertiary/aromatic N) is 1. The molecule has 0 radical (unpaired) electrons. The molecule has 144 valence electrons. The van der Waals surface area contributed by atoms with Gasteiger partial charge in [-0.15, -0.1) is 0 Å². The Morgan fingerprint density at radius 1 is 1.19 bits per heavy atom. The van der Waals surface area contributed by atoms with Gasteiger partial charge in [0.25, 0.3) is 5.91 Å². The monoisotopic (exact) mass is 390 g/mol. The first kappa shape index (κ1) is 19.4. The molecule has 1 aliphatic rings. The summed E-state index contributed by atoms with van der Waals surface area (Å²) in [5.41, 5.74) is 1.67. The van der Waals surface area contributed by atoms with Crippen molar-refractivity contribution < 1.29 is 17.6 Å². The average Bonchev–Trinajstić information content (AvgIpc) is 3.45. The highest BCUT2D eigenvalue weighted by Crippen LogP contribution is 2.30. The summed E-state index contributed by atoms with van der Waals surface area (Å²) in [4.78, 5) is 14.8. The number of carbonyl (C=O) groups is 1. The Labute approximate surface area is 159 Å². The number of halogens is 1. The molecular formula is C20H23FN2O3S. The topological polar surface area (TPSA) is 66.5 Å². The van der Waals surface area contributed by atoms with Gasteiger partial charge in [-0.1, -0.05) is 25.1 Å². The van der Waals surface area contributed by atoms with Crippen molar-refractivity contribution in [2.45, 2.75) is 38.8 Å². The number of hydrogen-bond acceptors (Lipinski definition) is 3. The normalized spacial score (nSPS) is 14.0. The highest BCUT2D eigenvalue weighted by Gasteiger charge is 2.33. The fourth-order valence-electron chi connectivity index (χ4n) is 2.92. The minimum Gasteiger partial charge on any atom is -0.331 e. The van der Waals surface area contributed by atoms with Crippen LogP contribution >= 0.6 is 0 Å². The summed E-state index contributed by atoms with van der Waals surface area (Å²) in [6, 6.07) is 12.8. The van der Waals surface area contributed by atoms with Crippen LogP contribution in [-0.4, -0.2) is 31.0 Å². The summed E-state index contributed by atoms with van der Waals surface area (Å²) in [6.45, 7) is 2.19. The number of amides is 1. The molecule has 0 unspecified atom stereocenters. The molecule has 2 aromatic rings. The van der Waals surface area contributed by atoms with E-state index in [0.29, 0.717) is 24.2 Å². The summed E-state index contributed by atoms with van der Waals surface area (Å²) in [7, 11) is -3.41. The maximum Gasteiger partial charge on any atom is 0.254 e. The van der Waals surface area contributed by atoms with Crippen LogP contribution < -0.4 is 4.72 Å². The Hall–Kier alpha value is -2.41. The van der Waals surface area contributed by atoms with Gasteiger partial charge in [0.15, 0.2) is 0 Å². The number of carbonyl (C=O) groups excluding carboxylic acids is 1. The maximum absolute atomic E-state index is 13.1. The van der Waals surface area contributed by atoms with E-state index in [2.05, 4.69) is 4.72 Å². The zero-order valence-electron chi connectivity index (χ0n) is 15.2. The molecule has 0 bridgehead atoms. The fourth-order valence-corrected chi connectivity index (χ4v) is 4.05. The third-order valence-corrected chi connectivity index (χ3v) is 5.86. The summed E-state index contributed by atoms with van der Waals surface area (Å²) >= 11 is 0. The third kappa shape index (κ3) is 5.29. The lowest BCUT2D eigenvalue weighted by Crippen LogP contribution is -2.32. The molecule has 1 aliphatic carbocycles. The van der Waals surface area contributed by atoms with Gasteiger partial charge in [-0.25, -0.2) is 12.8 Å². The van der Waals surface area contributed by atoms with E-state index in [1.54, 1.807) is 48.2 Å². The molecule has 1 fully saturated rings. The molecule has 2 aromatic carbocycles. The van der Waals surface area contributed by atoms with Crippen molar-refractivity contribution in [3.63, 3.8) is 0 Å². The molecule has 1 amide bonds. The molecule has 3 rings (SSSR count). The van der Waals surface area contributed by atoms with E-state index in [-0.39, 0.29) is 23.5 Å². The van der Waals surface area contributed by atoms with Crippen LogP contribution in [0.5, 0.6) is 0 Å². The van der Waals surface area contributed by atoms with Crippen LogP contribution in [0.15, 0.2) is 48.5 Å². The molecule has 0 heterocycles. The zero-order chi connectivity index (χ0) is 19.4. The lowest BCUT2D eigenvalue weighted by molar-refractivity contribution is 0.0730. The molecular weight excluding hydrogens is 367 g/mol. The quantitative estimate of drug-likeness (QED) is 0.746. The smallest absolute Gasteiger partial charge is 0.254 e. The van der Waals surface area contributed by atoms with E-state index < -0.39 is 10.0 Å². The number of sulfonamides is 1. The predicted molar refractivity (Wildman–Crippen MR) is 103 cm³/mol. The van der Waals surface area contributed by atoms with Gasteiger partial charge >= 0.3 is 0 Å². The Kier molecular flexibility index (Phi) is 5.79. The van der Waals surface area contributed by atoms with Crippen LogP contribution in [0, 0.1) is 5.82 Å². The minimum absolute atomic E-state index is 0.0317. The highest BCUT2D eigenvalue weighted by molar-refractivity contribution is 7.92. The van der Waals surface area contributed by atoms with Crippen molar-refractivity contribution in [1.29, 1.82) is 0 Å². The number of benzene rings is 2. The van der Waals surface area contributed by atoms with Gasteiger partial charge in [-0.05, 0) is 55.2 Å². The first-order valence-electron chi connectivity index (χ1n) is 9.04. The standard InChI is InChI=1S/C20H23FN2O3S/c1-2-12-27(25,26)22-18-5-3-4-16(13-18)20(24)23(19-10-11-19)14-15-6-8-17(21)9-7-15/h3-9,13,19,22H,2,10-12,14H2,1H3. The third-order valence-electron chi connectivity index (χ3n) is 4.37. The predicted octanol–water partition coefficient (Wildman–Crippen LogP) is 3.78. The molecule has 5 nitrogen and oxygen atoms in total. The second-order valence-corrected chi connectivity index (χ2v) is 8.63. The van der Waals surface area contributed by atoms with Gasteiger partial charge in [0.05, 0.1) is 5.75 Å². The largest absolute Gasteiger partial charge is 0.331 e. The van der Waals surface area contributed by atoms with Crippen LogP contribution in [0.3, 0.4) is 0 Å². The molecule has 0 spiro atoms. The van der Waals surface area contributed by atoms with Crippen LogP contribution in [0.1, 0.15) is 42.1 Å². The lowest BCUT2D eigenvalue weighted by Gasteiger charge is -2.23. The summed E-state index contributed by atoms with van der Waals surface area (Å²) in [5.74, 6) is -0.433. The van der Waals surface area contributed by atoms with Crippen LogP contribution in [0.25, 0.3) is 0 Å². The van der Waals surface area contributed by atoms with Crippen molar-refractivity contribution in [3.8, 4) is 0 Å². The van der Waals surface area contributed by atoms with E-state index in [1.165, 1.54) is 12.1 Å². The van der Waals surface area contributed by atoms with Crippen LogP contribution in [0.2, 0.25) is 0 Å². The van der Waals surface area contributed by atoms with Crippen molar-refractivity contribution in [2.24, 2.45) is 0 Å². The summed E-state index contributed by atoms with van der Waals surface area (Å²) in [6.07, 6.45) is 2.40. The van der Waals surface area contributed by atoms with Crippen molar-refractivity contribution in [2.75, 3.05) is 10.5 Å². The molecule has 0 aromatic heterocycles. The van der Waals surface area contributed by atoms with Crippen molar-refractivity contribution in [1.82, 2.24) is 4.90 Å². The molecule has 1 saturated carbocycles. The molecule has 0 atom stereocenters. The minimum atomic E-state index is -3.41. The maximum atomic E-state index is 13.1. The summed E-state index contributed by atoms with van der Waals surface area (Å²) in [5, 5.41) is 0. The SMILES string of the molecule is CCCS(=O)(=O)Nc1cccc(C(=O)N(Cc2ccc(F)cc2)C2CC2)c1. The molecule has 27 heavy (non-hydrogen) atoms. The van der Waals surface area contributed by atoms with E-state index in [1.807, 2.05) is 0 Å². The number of rotatable bonds is 8.